The fourth-order valence-corrected chi connectivity index (χ4v) is 3.89. The third-order valence-electron chi connectivity index (χ3n) is 3.06. The van der Waals surface area contributed by atoms with Crippen LogP contribution in [0.4, 0.5) is 0 Å². The maximum absolute atomic E-state index is 12.4. The summed E-state index contributed by atoms with van der Waals surface area (Å²) in [6.45, 7) is 1.47. The molecule has 1 fully saturated rings. The number of carbonyl (C=O) groups is 1. The summed E-state index contributed by atoms with van der Waals surface area (Å²) in [5, 5.41) is 18.6. The summed E-state index contributed by atoms with van der Waals surface area (Å²) in [6.07, 6.45) is 0. The van der Waals surface area contributed by atoms with Crippen LogP contribution < -0.4 is 4.74 Å². The van der Waals surface area contributed by atoms with Gasteiger partial charge in [-0.05, 0) is 25.1 Å². The lowest BCUT2D eigenvalue weighted by atomic mass is 10.0. The lowest BCUT2D eigenvalue weighted by Gasteiger charge is -2.42. The number of hydrogen-bond donors (Lipinski definition) is 2. The van der Waals surface area contributed by atoms with Crippen molar-refractivity contribution in [2.45, 2.75) is 17.4 Å². The fraction of sp³-hybridized carbons (Fsp3) is 0.417. The molecule has 7 nitrogen and oxygen atoms in total. The van der Waals surface area contributed by atoms with Gasteiger partial charge in [-0.3, -0.25) is 0 Å². The van der Waals surface area contributed by atoms with E-state index < -0.39 is 21.6 Å². The number of methoxy groups -OCH3 is 1. The zero-order chi connectivity index (χ0) is 15.1. The highest BCUT2D eigenvalue weighted by atomic mass is 32.2. The summed E-state index contributed by atoms with van der Waals surface area (Å²) >= 11 is 0. The van der Waals surface area contributed by atoms with Gasteiger partial charge in [0.1, 0.15) is 10.6 Å². The van der Waals surface area contributed by atoms with Gasteiger partial charge in [0.15, 0.2) is 0 Å². The second-order valence-electron chi connectivity index (χ2n) is 4.94. The van der Waals surface area contributed by atoms with Crippen LogP contribution in [0, 0.1) is 0 Å². The van der Waals surface area contributed by atoms with Gasteiger partial charge < -0.3 is 14.9 Å². The molecule has 0 amide bonds. The van der Waals surface area contributed by atoms with E-state index in [1.165, 1.54) is 26.2 Å². The van der Waals surface area contributed by atoms with Crippen LogP contribution in [0.25, 0.3) is 0 Å². The molecule has 1 heterocycles. The van der Waals surface area contributed by atoms with Crippen LogP contribution in [-0.4, -0.2) is 54.7 Å². The van der Waals surface area contributed by atoms with Crippen LogP contribution in [0.3, 0.4) is 0 Å². The van der Waals surface area contributed by atoms with E-state index in [9.17, 15) is 18.3 Å². The Kier molecular flexibility index (Phi) is 3.49. The molecule has 8 heteroatoms. The summed E-state index contributed by atoms with van der Waals surface area (Å²) in [5.41, 5.74) is -1.19. The molecular weight excluding hydrogens is 286 g/mol. The van der Waals surface area contributed by atoms with Gasteiger partial charge in [-0.2, -0.15) is 4.31 Å². The summed E-state index contributed by atoms with van der Waals surface area (Å²) in [5.74, 6) is -1.15. The van der Waals surface area contributed by atoms with Gasteiger partial charge >= 0.3 is 5.97 Å². The largest absolute Gasteiger partial charge is 0.495 e. The van der Waals surface area contributed by atoms with Gasteiger partial charge in [0.2, 0.25) is 10.0 Å². The Bertz CT molecular complexity index is 644. The number of nitrogens with zero attached hydrogens (tertiary/aromatic N) is 1. The Labute approximate surface area is 116 Å². The summed E-state index contributed by atoms with van der Waals surface area (Å²) in [4.78, 5) is 10.7. The molecule has 2 N–H and O–H groups in total. The number of aromatic carboxylic acids is 1. The molecule has 1 saturated heterocycles. The lowest BCUT2D eigenvalue weighted by Crippen LogP contribution is -2.61. The number of benzene rings is 1. The molecule has 0 unspecified atom stereocenters. The van der Waals surface area contributed by atoms with Crippen molar-refractivity contribution in [2.24, 2.45) is 0 Å². The van der Waals surface area contributed by atoms with Crippen molar-refractivity contribution in [1.82, 2.24) is 4.31 Å². The van der Waals surface area contributed by atoms with Gasteiger partial charge in [-0.25, -0.2) is 13.2 Å². The van der Waals surface area contributed by atoms with Crippen molar-refractivity contribution in [3.05, 3.63) is 23.8 Å². The lowest BCUT2D eigenvalue weighted by molar-refractivity contribution is -0.0426. The van der Waals surface area contributed by atoms with Crippen molar-refractivity contribution in [2.75, 3.05) is 20.2 Å². The Morgan fingerprint density at radius 2 is 2.00 bits per heavy atom. The van der Waals surface area contributed by atoms with E-state index in [1.54, 1.807) is 0 Å². The first-order valence-electron chi connectivity index (χ1n) is 5.81. The normalized spacial score (nSPS) is 18.4. The first-order chi connectivity index (χ1) is 9.17. The van der Waals surface area contributed by atoms with Crippen LogP contribution in [0.5, 0.6) is 5.75 Å². The molecule has 0 spiro atoms. The highest BCUT2D eigenvalue weighted by Gasteiger charge is 2.44. The summed E-state index contributed by atoms with van der Waals surface area (Å²) in [7, 11) is -2.58. The third-order valence-corrected chi connectivity index (χ3v) is 4.88. The topological polar surface area (TPSA) is 104 Å². The second-order valence-corrected chi connectivity index (χ2v) is 6.85. The number of aliphatic hydroxyl groups is 1. The molecule has 0 radical (unpaired) electrons. The van der Waals surface area contributed by atoms with Gasteiger partial charge in [0.05, 0.1) is 18.3 Å². The average Bonchev–Trinajstić information content (AvgIpc) is 2.34. The molecule has 0 aliphatic carbocycles. The minimum absolute atomic E-state index is 0.0320. The number of carboxylic acids is 1. The van der Waals surface area contributed by atoms with Crippen molar-refractivity contribution >= 4 is 16.0 Å². The monoisotopic (exact) mass is 301 g/mol. The standard InChI is InChI=1S/C12H15NO6S/c1-12(16)6-13(7-12)20(17,18)10-5-8(11(14)15)3-4-9(10)19-2/h3-5,16H,6-7H2,1-2H3,(H,14,15). The van der Waals surface area contributed by atoms with Crippen LogP contribution in [0.2, 0.25) is 0 Å². The molecule has 110 valence electrons. The van der Waals surface area contributed by atoms with Crippen molar-refractivity contribution in [3.63, 3.8) is 0 Å². The van der Waals surface area contributed by atoms with Crippen molar-refractivity contribution < 1.29 is 28.2 Å². The first-order valence-corrected chi connectivity index (χ1v) is 7.25. The maximum atomic E-state index is 12.4. The molecule has 0 atom stereocenters. The molecule has 0 bridgehead atoms. The molecule has 2 rings (SSSR count). The molecule has 20 heavy (non-hydrogen) atoms. The second kappa shape index (κ2) is 4.72. The Morgan fingerprint density at radius 3 is 2.45 bits per heavy atom. The van der Waals surface area contributed by atoms with E-state index in [2.05, 4.69) is 0 Å². The number of hydrogen-bond acceptors (Lipinski definition) is 5. The minimum Gasteiger partial charge on any atom is -0.495 e. The number of carboxylic acid groups (broad SMARTS) is 1. The number of ether oxygens (including phenoxy) is 1. The zero-order valence-electron chi connectivity index (χ0n) is 11.0. The van der Waals surface area contributed by atoms with Gasteiger partial charge in [-0.1, -0.05) is 0 Å². The number of sulfonamides is 1. The van der Waals surface area contributed by atoms with Crippen LogP contribution in [-0.2, 0) is 10.0 Å². The third kappa shape index (κ3) is 2.49. The molecule has 1 aliphatic heterocycles. The quantitative estimate of drug-likeness (QED) is 0.820. The fourth-order valence-electron chi connectivity index (χ4n) is 2.03. The van der Waals surface area contributed by atoms with Gasteiger partial charge in [-0.15, -0.1) is 0 Å². The molecule has 1 aliphatic rings. The highest BCUT2D eigenvalue weighted by molar-refractivity contribution is 7.89. The maximum Gasteiger partial charge on any atom is 0.335 e. The smallest absolute Gasteiger partial charge is 0.335 e. The van der Waals surface area contributed by atoms with E-state index >= 15 is 0 Å². The Balaban J connectivity index is 2.45. The molecule has 0 aromatic heterocycles. The number of β-amino-alcohol motifs (C(OH)–C–C–N with tert-alkyl or cyclic N) is 1. The predicted molar refractivity (Wildman–Crippen MR) is 69.3 cm³/mol. The Hall–Kier alpha value is -1.64. The van der Waals surface area contributed by atoms with E-state index in [1.807, 2.05) is 0 Å². The zero-order valence-corrected chi connectivity index (χ0v) is 11.8. The van der Waals surface area contributed by atoms with Gasteiger partial charge in [0.25, 0.3) is 0 Å². The highest BCUT2D eigenvalue weighted by Crippen LogP contribution is 2.33. The van der Waals surface area contributed by atoms with E-state index in [0.29, 0.717) is 0 Å². The SMILES string of the molecule is COc1ccc(C(=O)O)cc1S(=O)(=O)N1CC(C)(O)C1. The van der Waals surface area contributed by atoms with Crippen LogP contribution >= 0.6 is 0 Å². The van der Waals surface area contributed by atoms with Crippen LogP contribution in [0.15, 0.2) is 23.1 Å². The van der Waals surface area contributed by atoms with E-state index in [4.69, 9.17) is 9.84 Å². The number of rotatable bonds is 4. The van der Waals surface area contributed by atoms with Crippen molar-refractivity contribution in [3.8, 4) is 5.75 Å². The molecule has 0 saturated carbocycles. The summed E-state index contributed by atoms with van der Waals surface area (Å²) < 4.78 is 30.9. The first kappa shape index (κ1) is 14.8. The van der Waals surface area contributed by atoms with Crippen LogP contribution in [0.1, 0.15) is 17.3 Å². The van der Waals surface area contributed by atoms with Gasteiger partial charge in [0, 0.05) is 13.1 Å². The predicted octanol–water partition coefficient (Wildman–Crippen LogP) is 0.149. The van der Waals surface area contributed by atoms with E-state index in [0.717, 1.165) is 10.4 Å². The molecule has 1 aromatic carbocycles. The average molecular weight is 301 g/mol. The Morgan fingerprint density at radius 1 is 1.40 bits per heavy atom. The molecule has 1 aromatic rings. The minimum atomic E-state index is -3.89. The van der Waals surface area contributed by atoms with Crippen molar-refractivity contribution in [1.29, 1.82) is 0 Å². The summed E-state index contributed by atoms with van der Waals surface area (Å²) in [6, 6.07) is 3.63. The van der Waals surface area contributed by atoms with E-state index in [-0.39, 0.29) is 29.3 Å². The molecular formula is C12H15NO6S.